The van der Waals surface area contributed by atoms with E-state index in [0.717, 1.165) is 18.5 Å². The topological polar surface area (TPSA) is 75.0 Å². The van der Waals surface area contributed by atoms with Crippen LogP contribution in [0.25, 0.3) is 0 Å². The van der Waals surface area contributed by atoms with Crippen molar-refractivity contribution in [2.24, 2.45) is 0 Å². The first-order valence-corrected chi connectivity index (χ1v) is 11.6. The van der Waals surface area contributed by atoms with Gasteiger partial charge in [-0.3, -0.25) is 0 Å². The standard InChI is InChI=1S/C26H28FN3O4/c1-25(2,3)34-24(31)30-13-12-29(19-10-11-20(19)30)21-6-5-7-22-23(21)33-26(4,32-22)17-9-8-16(15-28)14-18(17)27/h5-9,14,19-20H,10-13H2,1-4H3/t19-,20+,26+/m1/s1. The SMILES string of the molecule is CC(C)(C)OC(=O)N1CCN(c2cccc3c2O[C@@](C)(c2ccc(C#N)cc2F)O3)[C@@H]2CC[C@@H]21. The molecular weight excluding hydrogens is 437 g/mol. The van der Waals surface area contributed by atoms with Gasteiger partial charge < -0.3 is 24.0 Å². The van der Waals surface area contributed by atoms with Gasteiger partial charge in [0.15, 0.2) is 11.5 Å². The summed E-state index contributed by atoms with van der Waals surface area (Å²) in [5.41, 5.74) is 0.794. The molecule has 178 valence electrons. The van der Waals surface area contributed by atoms with E-state index in [0.29, 0.717) is 24.6 Å². The monoisotopic (exact) mass is 465 g/mol. The Morgan fingerprint density at radius 1 is 1.18 bits per heavy atom. The van der Waals surface area contributed by atoms with E-state index < -0.39 is 17.2 Å². The zero-order chi connectivity index (χ0) is 24.3. The highest BCUT2D eigenvalue weighted by molar-refractivity contribution is 5.72. The third-order valence-corrected chi connectivity index (χ3v) is 6.67. The molecule has 2 aromatic carbocycles. The van der Waals surface area contributed by atoms with Crippen molar-refractivity contribution in [2.45, 2.75) is 64.0 Å². The number of nitrogens with zero attached hydrogens (tertiary/aromatic N) is 3. The summed E-state index contributed by atoms with van der Waals surface area (Å²) in [5, 5.41) is 9.05. The lowest BCUT2D eigenvalue weighted by Gasteiger charge is -2.54. The number of ether oxygens (including phenoxy) is 3. The summed E-state index contributed by atoms with van der Waals surface area (Å²) in [7, 11) is 0. The molecule has 2 aliphatic heterocycles. The van der Waals surface area contributed by atoms with Crippen molar-refractivity contribution >= 4 is 11.8 Å². The second-order valence-electron chi connectivity index (χ2n) is 10.1. The first-order chi connectivity index (χ1) is 16.1. The van der Waals surface area contributed by atoms with Gasteiger partial charge in [-0.05, 0) is 63.9 Å². The molecule has 1 amide bonds. The van der Waals surface area contributed by atoms with Crippen molar-refractivity contribution in [3.05, 3.63) is 53.3 Å². The van der Waals surface area contributed by atoms with Gasteiger partial charge in [-0.2, -0.15) is 5.26 Å². The summed E-state index contributed by atoms with van der Waals surface area (Å²) in [4.78, 5) is 16.8. The summed E-state index contributed by atoms with van der Waals surface area (Å²) < 4.78 is 32.8. The Hall–Kier alpha value is -3.47. The zero-order valence-corrected chi connectivity index (χ0v) is 19.8. The van der Waals surface area contributed by atoms with Crippen LogP contribution in [0.15, 0.2) is 36.4 Å². The molecule has 1 aliphatic carbocycles. The van der Waals surface area contributed by atoms with E-state index in [-0.39, 0.29) is 29.3 Å². The van der Waals surface area contributed by atoms with E-state index >= 15 is 0 Å². The second-order valence-corrected chi connectivity index (χ2v) is 10.1. The van der Waals surface area contributed by atoms with Crippen molar-refractivity contribution in [3.63, 3.8) is 0 Å². The van der Waals surface area contributed by atoms with Crippen LogP contribution in [0.3, 0.4) is 0 Å². The summed E-state index contributed by atoms with van der Waals surface area (Å²) in [6.07, 6.45) is 1.60. The number of halogens is 1. The third-order valence-electron chi connectivity index (χ3n) is 6.67. The van der Waals surface area contributed by atoms with E-state index in [1.165, 1.54) is 12.1 Å². The first kappa shape index (κ1) is 22.3. The maximum Gasteiger partial charge on any atom is 0.410 e. The molecule has 1 saturated carbocycles. The fourth-order valence-corrected chi connectivity index (χ4v) is 4.99. The fourth-order valence-electron chi connectivity index (χ4n) is 4.99. The minimum Gasteiger partial charge on any atom is -0.444 e. The van der Waals surface area contributed by atoms with Crippen LogP contribution in [0, 0.1) is 17.1 Å². The molecule has 2 aromatic rings. The van der Waals surface area contributed by atoms with Crippen LogP contribution in [-0.4, -0.2) is 41.8 Å². The number of hydrogen-bond donors (Lipinski definition) is 0. The fraction of sp³-hybridized carbons (Fsp3) is 0.462. The molecule has 0 radical (unpaired) electrons. The Morgan fingerprint density at radius 3 is 2.59 bits per heavy atom. The van der Waals surface area contributed by atoms with Gasteiger partial charge in [-0.15, -0.1) is 0 Å². The van der Waals surface area contributed by atoms with Crippen LogP contribution in [-0.2, 0) is 10.5 Å². The molecular formula is C26H28FN3O4. The van der Waals surface area contributed by atoms with E-state index in [1.807, 2.05) is 43.9 Å². The maximum atomic E-state index is 14.8. The number of carbonyl (C=O) groups is 1. The number of hydrogen-bond acceptors (Lipinski definition) is 6. The Balaban J connectivity index is 1.40. The van der Waals surface area contributed by atoms with Crippen LogP contribution in [0.5, 0.6) is 11.5 Å². The summed E-state index contributed by atoms with van der Waals surface area (Å²) in [5.74, 6) is -0.811. The number of benzene rings is 2. The molecule has 1 saturated heterocycles. The molecule has 0 unspecified atom stereocenters. The number of anilines is 1. The first-order valence-electron chi connectivity index (χ1n) is 11.6. The van der Waals surface area contributed by atoms with E-state index in [4.69, 9.17) is 19.5 Å². The van der Waals surface area contributed by atoms with Crippen molar-refractivity contribution in [2.75, 3.05) is 18.0 Å². The summed E-state index contributed by atoms with van der Waals surface area (Å²) in [6, 6.07) is 12.1. The quantitative estimate of drug-likeness (QED) is 0.626. The number of amides is 1. The minimum absolute atomic E-state index is 0.0733. The van der Waals surface area contributed by atoms with Crippen molar-refractivity contribution in [3.8, 4) is 17.6 Å². The average Bonchev–Trinajstić information content (AvgIpc) is 3.09. The molecule has 0 N–H and O–H groups in total. The van der Waals surface area contributed by atoms with Crippen molar-refractivity contribution < 1.29 is 23.4 Å². The lowest BCUT2D eigenvalue weighted by atomic mass is 9.81. The highest BCUT2D eigenvalue weighted by Gasteiger charge is 2.48. The highest BCUT2D eigenvalue weighted by atomic mass is 19.1. The predicted molar refractivity (Wildman–Crippen MR) is 123 cm³/mol. The molecule has 3 atom stereocenters. The van der Waals surface area contributed by atoms with Gasteiger partial charge in [0.1, 0.15) is 11.4 Å². The molecule has 2 heterocycles. The van der Waals surface area contributed by atoms with Crippen molar-refractivity contribution in [1.82, 2.24) is 4.90 Å². The normalized spacial score (nSPS) is 25.3. The van der Waals surface area contributed by atoms with Crippen LogP contribution in [0.4, 0.5) is 14.9 Å². The molecule has 34 heavy (non-hydrogen) atoms. The smallest absolute Gasteiger partial charge is 0.410 e. The molecule has 7 nitrogen and oxygen atoms in total. The average molecular weight is 466 g/mol. The number of fused-ring (bicyclic) bond motifs is 2. The van der Waals surface area contributed by atoms with Gasteiger partial charge in [0.2, 0.25) is 0 Å². The second kappa shape index (κ2) is 7.79. The van der Waals surface area contributed by atoms with Gasteiger partial charge >= 0.3 is 6.09 Å². The number of piperazine rings is 1. The Kier molecular flexibility index (Phi) is 5.12. The van der Waals surface area contributed by atoms with Gasteiger partial charge in [-0.1, -0.05) is 6.07 Å². The zero-order valence-electron chi connectivity index (χ0n) is 19.8. The van der Waals surface area contributed by atoms with E-state index in [9.17, 15) is 9.18 Å². The minimum atomic E-state index is -1.35. The van der Waals surface area contributed by atoms with Crippen LogP contribution >= 0.6 is 0 Å². The predicted octanol–water partition coefficient (Wildman–Crippen LogP) is 4.93. The molecule has 0 spiro atoms. The maximum absolute atomic E-state index is 14.8. The lowest BCUT2D eigenvalue weighted by molar-refractivity contribution is -0.0706. The molecule has 8 heteroatoms. The van der Waals surface area contributed by atoms with Crippen LogP contribution < -0.4 is 14.4 Å². The number of para-hydroxylation sites is 1. The van der Waals surface area contributed by atoms with Gasteiger partial charge in [0, 0.05) is 26.1 Å². The van der Waals surface area contributed by atoms with Crippen molar-refractivity contribution in [1.29, 1.82) is 5.26 Å². The lowest BCUT2D eigenvalue weighted by Crippen LogP contribution is -2.66. The van der Waals surface area contributed by atoms with Gasteiger partial charge in [-0.25, -0.2) is 9.18 Å². The highest BCUT2D eigenvalue weighted by Crippen LogP contribution is 2.51. The number of nitriles is 1. The molecule has 0 bridgehead atoms. The Labute approximate surface area is 198 Å². The third kappa shape index (κ3) is 3.69. The number of rotatable bonds is 2. The van der Waals surface area contributed by atoms with Crippen LogP contribution in [0.1, 0.15) is 51.7 Å². The summed E-state index contributed by atoms with van der Waals surface area (Å²) in [6.45, 7) is 8.46. The van der Waals surface area contributed by atoms with Gasteiger partial charge in [0.25, 0.3) is 5.79 Å². The molecule has 5 rings (SSSR count). The number of carbonyl (C=O) groups excluding carboxylic acids is 1. The van der Waals surface area contributed by atoms with Crippen LogP contribution in [0.2, 0.25) is 0 Å². The van der Waals surface area contributed by atoms with E-state index in [2.05, 4.69) is 4.90 Å². The Morgan fingerprint density at radius 2 is 1.94 bits per heavy atom. The molecule has 3 aliphatic rings. The van der Waals surface area contributed by atoms with Gasteiger partial charge in [0.05, 0.1) is 28.9 Å². The molecule has 0 aromatic heterocycles. The largest absolute Gasteiger partial charge is 0.444 e. The molecule has 2 fully saturated rings. The summed E-state index contributed by atoms with van der Waals surface area (Å²) >= 11 is 0. The van der Waals surface area contributed by atoms with E-state index in [1.54, 1.807) is 19.1 Å². The Bertz CT molecular complexity index is 1190.